The molecule has 0 spiro atoms. The molecule has 2 heterocycles. The fraction of sp³-hybridized carbons (Fsp3) is 0.120. The lowest BCUT2D eigenvalue weighted by Gasteiger charge is -2.25. The molecule has 28 heavy (non-hydrogen) atoms. The molecule has 138 valence electrons. The zero-order chi connectivity index (χ0) is 19.3. The number of methoxy groups -OCH3 is 1. The zero-order valence-electron chi connectivity index (χ0n) is 16.2. The highest BCUT2D eigenvalue weighted by molar-refractivity contribution is 6.02. The van der Waals surface area contributed by atoms with E-state index in [0.717, 1.165) is 45.1 Å². The van der Waals surface area contributed by atoms with Gasteiger partial charge in [-0.15, -0.1) is 0 Å². The van der Waals surface area contributed by atoms with Crippen molar-refractivity contribution in [2.45, 2.75) is 13.8 Å². The molecule has 0 N–H and O–H groups in total. The molecular formula is C25H21NO2. The molecule has 0 atom stereocenters. The van der Waals surface area contributed by atoms with Crippen molar-refractivity contribution in [3.8, 4) is 5.75 Å². The van der Waals surface area contributed by atoms with Gasteiger partial charge < -0.3 is 9.15 Å². The molecular weight excluding hydrogens is 346 g/mol. The van der Waals surface area contributed by atoms with Gasteiger partial charge in [-0.05, 0) is 61.9 Å². The first kappa shape index (κ1) is 16.7. The molecule has 1 aliphatic rings. The summed E-state index contributed by atoms with van der Waals surface area (Å²) in [6, 6.07) is 20.8. The lowest BCUT2D eigenvalue weighted by Crippen LogP contribution is -2.12. The van der Waals surface area contributed by atoms with Gasteiger partial charge in [-0.3, -0.25) is 4.90 Å². The Morgan fingerprint density at radius 2 is 1.61 bits per heavy atom. The molecule has 3 aromatic carbocycles. The first-order valence-corrected chi connectivity index (χ1v) is 9.41. The van der Waals surface area contributed by atoms with Crippen LogP contribution in [0.15, 0.2) is 65.1 Å². The van der Waals surface area contributed by atoms with Gasteiger partial charge in [-0.1, -0.05) is 41.5 Å². The largest absolute Gasteiger partial charge is 0.495 e. The molecule has 4 aromatic rings. The highest BCUT2D eigenvalue weighted by Crippen LogP contribution is 2.48. The fourth-order valence-corrected chi connectivity index (χ4v) is 3.89. The Morgan fingerprint density at radius 1 is 0.821 bits per heavy atom. The van der Waals surface area contributed by atoms with Crippen LogP contribution in [0.5, 0.6) is 5.75 Å². The lowest BCUT2D eigenvalue weighted by molar-refractivity contribution is 0.415. The van der Waals surface area contributed by atoms with E-state index in [-0.39, 0.29) is 0 Å². The van der Waals surface area contributed by atoms with Crippen LogP contribution < -0.4 is 9.64 Å². The normalized spacial score (nSPS) is 12.6. The van der Waals surface area contributed by atoms with Gasteiger partial charge in [0.25, 0.3) is 0 Å². The Labute approximate surface area is 164 Å². The Balaban J connectivity index is 1.87. The molecule has 1 aliphatic heterocycles. The topological polar surface area (TPSA) is 25.6 Å². The highest BCUT2D eigenvalue weighted by atomic mass is 16.5. The van der Waals surface area contributed by atoms with E-state index in [9.17, 15) is 0 Å². The van der Waals surface area contributed by atoms with E-state index in [2.05, 4.69) is 67.3 Å². The van der Waals surface area contributed by atoms with Crippen molar-refractivity contribution in [1.82, 2.24) is 0 Å². The first-order chi connectivity index (χ1) is 13.7. The molecule has 0 amide bonds. The van der Waals surface area contributed by atoms with Crippen LogP contribution in [0.1, 0.15) is 22.3 Å². The number of ether oxygens (including phenoxy) is 1. The smallest absolute Gasteiger partial charge is 0.213 e. The second-order valence-corrected chi connectivity index (χ2v) is 7.22. The predicted molar refractivity (Wildman–Crippen MR) is 116 cm³/mol. The van der Waals surface area contributed by atoms with Crippen LogP contribution in [-0.4, -0.2) is 7.11 Å². The molecule has 3 heteroatoms. The van der Waals surface area contributed by atoms with Crippen molar-refractivity contribution in [2.75, 3.05) is 12.0 Å². The van der Waals surface area contributed by atoms with E-state index >= 15 is 0 Å². The van der Waals surface area contributed by atoms with Gasteiger partial charge in [0.15, 0.2) is 0 Å². The van der Waals surface area contributed by atoms with Crippen LogP contribution in [0.25, 0.3) is 23.1 Å². The lowest BCUT2D eigenvalue weighted by atomic mass is 10.1. The number of hydrogen-bond donors (Lipinski definition) is 0. The second kappa shape index (κ2) is 6.31. The summed E-state index contributed by atoms with van der Waals surface area (Å²) >= 11 is 0. The van der Waals surface area contributed by atoms with Crippen LogP contribution in [0, 0.1) is 13.8 Å². The first-order valence-electron chi connectivity index (χ1n) is 9.41. The summed E-state index contributed by atoms with van der Waals surface area (Å²) in [4.78, 5) is 2.16. The van der Waals surface area contributed by atoms with Crippen LogP contribution >= 0.6 is 0 Å². The summed E-state index contributed by atoms with van der Waals surface area (Å²) < 4.78 is 12.1. The molecule has 5 rings (SSSR count). The average molecular weight is 367 g/mol. The van der Waals surface area contributed by atoms with E-state index in [4.69, 9.17) is 9.15 Å². The number of rotatable bonds is 2. The molecule has 3 nitrogen and oxygen atoms in total. The average Bonchev–Trinajstić information content (AvgIpc) is 2.97. The molecule has 0 saturated carbocycles. The molecule has 0 radical (unpaired) electrons. The van der Waals surface area contributed by atoms with E-state index < -0.39 is 0 Å². The van der Waals surface area contributed by atoms with Gasteiger partial charge in [0.05, 0.1) is 18.5 Å². The standard InChI is InChI=1S/C25H21NO2/c1-16-8-12-21-18(14-16)10-11-19-20-15-17(2)9-13-23(20)28-25(19)26(21)22-6-4-5-7-24(22)27-3/h4-15H,1-3H3. The van der Waals surface area contributed by atoms with Crippen molar-refractivity contribution < 1.29 is 9.15 Å². The van der Waals surface area contributed by atoms with Crippen LogP contribution in [-0.2, 0) is 0 Å². The minimum Gasteiger partial charge on any atom is -0.495 e. The molecule has 0 saturated heterocycles. The van der Waals surface area contributed by atoms with Gasteiger partial charge in [0, 0.05) is 10.9 Å². The summed E-state index contributed by atoms with van der Waals surface area (Å²) in [6.45, 7) is 4.22. The maximum Gasteiger partial charge on any atom is 0.213 e. The Hall–Kier alpha value is -3.46. The third kappa shape index (κ3) is 2.51. The van der Waals surface area contributed by atoms with Gasteiger partial charge in [0.2, 0.25) is 5.88 Å². The number of benzene rings is 3. The third-order valence-electron chi connectivity index (χ3n) is 5.24. The Morgan fingerprint density at radius 3 is 2.46 bits per heavy atom. The number of furan rings is 1. The van der Waals surface area contributed by atoms with Gasteiger partial charge in [0.1, 0.15) is 11.3 Å². The monoisotopic (exact) mass is 367 g/mol. The Bertz CT molecular complexity index is 1230. The maximum absolute atomic E-state index is 6.40. The highest BCUT2D eigenvalue weighted by Gasteiger charge is 2.27. The van der Waals surface area contributed by atoms with Crippen LogP contribution in [0.3, 0.4) is 0 Å². The Kier molecular flexibility index (Phi) is 3.76. The quantitative estimate of drug-likeness (QED) is 0.335. The third-order valence-corrected chi connectivity index (χ3v) is 5.24. The van der Waals surface area contributed by atoms with Gasteiger partial charge in [-0.2, -0.15) is 0 Å². The van der Waals surface area contributed by atoms with Crippen LogP contribution in [0.4, 0.5) is 17.3 Å². The number of nitrogens with zero attached hydrogens (tertiary/aromatic N) is 1. The summed E-state index contributed by atoms with van der Waals surface area (Å²) in [5.41, 5.74) is 7.58. The fourth-order valence-electron chi connectivity index (χ4n) is 3.89. The maximum atomic E-state index is 6.40. The van der Waals surface area contributed by atoms with E-state index in [1.165, 1.54) is 11.1 Å². The predicted octanol–water partition coefficient (Wildman–Crippen LogP) is 7.01. The van der Waals surface area contributed by atoms with Gasteiger partial charge >= 0.3 is 0 Å². The molecule has 0 bridgehead atoms. The molecule has 1 aromatic heterocycles. The SMILES string of the molecule is COc1ccccc1N1c2ccc(C)cc2C=Cc2c1oc1ccc(C)cc21. The zero-order valence-corrected chi connectivity index (χ0v) is 16.2. The summed E-state index contributed by atoms with van der Waals surface area (Å²) in [5.74, 6) is 1.61. The van der Waals surface area contributed by atoms with E-state index in [1.54, 1.807) is 7.11 Å². The van der Waals surface area contributed by atoms with Gasteiger partial charge in [-0.25, -0.2) is 0 Å². The minimum atomic E-state index is 0.804. The number of fused-ring (bicyclic) bond motifs is 4. The van der Waals surface area contributed by atoms with E-state index in [0.29, 0.717) is 0 Å². The number of hydrogen-bond acceptors (Lipinski definition) is 3. The van der Waals surface area contributed by atoms with Crippen molar-refractivity contribution in [3.05, 3.63) is 82.9 Å². The van der Waals surface area contributed by atoms with Crippen molar-refractivity contribution >= 4 is 40.4 Å². The minimum absolute atomic E-state index is 0.804. The number of aryl methyl sites for hydroxylation is 2. The van der Waals surface area contributed by atoms with Crippen LogP contribution in [0.2, 0.25) is 0 Å². The number of anilines is 3. The van der Waals surface area contributed by atoms with E-state index in [1.807, 2.05) is 24.3 Å². The molecule has 0 aliphatic carbocycles. The van der Waals surface area contributed by atoms with Crippen molar-refractivity contribution in [2.24, 2.45) is 0 Å². The second-order valence-electron chi connectivity index (χ2n) is 7.22. The number of para-hydroxylation sites is 2. The summed E-state index contributed by atoms with van der Waals surface area (Å²) in [5, 5.41) is 1.12. The molecule has 0 unspecified atom stereocenters. The van der Waals surface area contributed by atoms with Crippen molar-refractivity contribution in [3.63, 3.8) is 0 Å². The molecule has 0 fully saturated rings. The summed E-state index contributed by atoms with van der Waals surface area (Å²) in [7, 11) is 1.70. The van der Waals surface area contributed by atoms with Crippen molar-refractivity contribution in [1.29, 1.82) is 0 Å². The summed E-state index contributed by atoms with van der Waals surface area (Å²) in [6.07, 6.45) is 4.34.